The van der Waals surface area contributed by atoms with Gasteiger partial charge in [-0.25, -0.2) is 0 Å². The van der Waals surface area contributed by atoms with E-state index in [0.717, 1.165) is 0 Å². The lowest BCUT2D eigenvalue weighted by atomic mass is 9.93. The SMILES string of the molecule is CCCCCCCCC(N)C(C)CCC. The molecule has 0 bridgehead atoms. The van der Waals surface area contributed by atoms with Crippen LogP contribution < -0.4 is 5.73 Å². The van der Waals surface area contributed by atoms with E-state index in [4.69, 9.17) is 5.73 Å². The maximum atomic E-state index is 6.14. The van der Waals surface area contributed by atoms with Crippen LogP contribution in [0, 0.1) is 5.92 Å². The number of rotatable bonds is 10. The molecule has 0 saturated heterocycles. The molecule has 1 nitrogen and oxygen atoms in total. The van der Waals surface area contributed by atoms with Crippen LogP contribution in [0.3, 0.4) is 0 Å². The second-order valence-corrected chi connectivity index (χ2v) is 4.99. The molecule has 0 radical (unpaired) electrons. The third-order valence-electron chi connectivity index (χ3n) is 3.37. The molecule has 2 unspecified atom stereocenters. The Morgan fingerprint density at radius 2 is 1.40 bits per heavy atom. The molecule has 0 rings (SSSR count). The van der Waals surface area contributed by atoms with Crippen molar-refractivity contribution in [2.75, 3.05) is 0 Å². The molecule has 0 aromatic heterocycles. The minimum absolute atomic E-state index is 0.441. The van der Waals surface area contributed by atoms with Crippen molar-refractivity contribution in [2.45, 2.75) is 84.6 Å². The summed E-state index contributed by atoms with van der Waals surface area (Å²) >= 11 is 0. The Balaban J connectivity index is 3.26. The van der Waals surface area contributed by atoms with Crippen molar-refractivity contribution in [1.29, 1.82) is 0 Å². The van der Waals surface area contributed by atoms with Crippen LogP contribution in [0.25, 0.3) is 0 Å². The topological polar surface area (TPSA) is 26.0 Å². The first-order chi connectivity index (χ1) is 7.22. The van der Waals surface area contributed by atoms with Crippen LogP contribution in [0.1, 0.15) is 78.6 Å². The molecular formula is C14H31N. The molecule has 92 valence electrons. The van der Waals surface area contributed by atoms with Gasteiger partial charge in [-0.1, -0.05) is 65.7 Å². The summed E-state index contributed by atoms with van der Waals surface area (Å²) in [6.07, 6.45) is 12.1. The Morgan fingerprint density at radius 1 is 0.800 bits per heavy atom. The fourth-order valence-corrected chi connectivity index (χ4v) is 2.11. The van der Waals surface area contributed by atoms with E-state index in [1.807, 2.05) is 0 Å². The lowest BCUT2D eigenvalue weighted by Gasteiger charge is -2.18. The van der Waals surface area contributed by atoms with Crippen molar-refractivity contribution in [3.05, 3.63) is 0 Å². The molecule has 0 spiro atoms. The molecule has 0 saturated carbocycles. The molecule has 0 amide bonds. The highest BCUT2D eigenvalue weighted by molar-refractivity contribution is 4.68. The van der Waals surface area contributed by atoms with E-state index >= 15 is 0 Å². The van der Waals surface area contributed by atoms with Gasteiger partial charge in [-0.15, -0.1) is 0 Å². The lowest BCUT2D eigenvalue weighted by Crippen LogP contribution is -2.27. The number of hydrogen-bond donors (Lipinski definition) is 1. The molecule has 0 aliphatic heterocycles. The zero-order valence-electron chi connectivity index (χ0n) is 11.1. The highest BCUT2D eigenvalue weighted by atomic mass is 14.6. The fraction of sp³-hybridized carbons (Fsp3) is 1.00. The molecule has 0 aliphatic carbocycles. The van der Waals surface area contributed by atoms with Gasteiger partial charge in [0.2, 0.25) is 0 Å². The number of hydrogen-bond acceptors (Lipinski definition) is 1. The molecule has 1 heteroatoms. The Hall–Kier alpha value is -0.0400. The predicted octanol–water partition coefficient (Wildman–Crippen LogP) is 4.50. The fourth-order valence-electron chi connectivity index (χ4n) is 2.11. The van der Waals surface area contributed by atoms with E-state index in [2.05, 4.69) is 20.8 Å². The van der Waals surface area contributed by atoms with Crippen molar-refractivity contribution in [1.82, 2.24) is 0 Å². The number of nitrogens with two attached hydrogens (primary N) is 1. The van der Waals surface area contributed by atoms with E-state index in [9.17, 15) is 0 Å². The molecule has 0 aliphatic rings. The van der Waals surface area contributed by atoms with Gasteiger partial charge in [0.05, 0.1) is 0 Å². The van der Waals surface area contributed by atoms with Crippen LogP contribution in [0.2, 0.25) is 0 Å². The molecule has 0 fully saturated rings. The summed E-state index contributed by atoms with van der Waals surface area (Å²) in [7, 11) is 0. The van der Waals surface area contributed by atoms with Crippen LogP contribution in [-0.4, -0.2) is 6.04 Å². The molecule has 15 heavy (non-hydrogen) atoms. The Labute approximate surface area is 96.8 Å². The quantitative estimate of drug-likeness (QED) is 0.531. The average Bonchev–Trinajstić information content (AvgIpc) is 2.23. The molecule has 2 atom stereocenters. The number of unbranched alkanes of at least 4 members (excludes halogenated alkanes) is 5. The van der Waals surface area contributed by atoms with Crippen molar-refractivity contribution >= 4 is 0 Å². The molecular weight excluding hydrogens is 182 g/mol. The smallest absolute Gasteiger partial charge is 0.00645 e. The summed E-state index contributed by atoms with van der Waals surface area (Å²) in [6.45, 7) is 6.81. The van der Waals surface area contributed by atoms with Crippen molar-refractivity contribution in [2.24, 2.45) is 11.7 Å². The van der Waals surface area contributed by atoms with Gasteiger partial charge in [-0.3, -0.25) is 0 Å². The van der Waals surface area contributed by atoms with E-state index in [1.54, 1.807) is 0 Å². The minimum Gasteiger partial charge on any atom is -0.327 e. The Bertz CT molecular complexity index is 123. The highest BCUT2D eigenvalue weighted by Gasteiger charge is 2.10. The molecule has 2 N–H and O–H groups in total. The summed E-state index contributed by atoms with van der Waals surface area (Å²) in [5.74, 6) is 0.714. The van der Waals surface area contributed by atoms with Crippen LogP contribution in [0.15, 0.2) is 0 Å². The van der Waals surface area contributed by atoms with Gasteiger partial charge >= 0.3 is 0 Å². The first kappa shape index (κ1) is 15.0. The second kappa shape index (κ2) is 10.5. The van der Waals surface area contributed by atoms with E-state index < -0.39 is 0 Å². The monoisotopic (exact) mass is 213 g/mol. The second-order valence-electron chi connectivity index (χ2n) is 4.99. The van der Waals surface area contributed by atoms with Gasteiger partial charge in [-0.2, -0.15) is 0 Å². The summed E-state index contributed by atoms with van der Waals surface area (Å²) in [5, 5.41) is 0. The lowest BCUT2D eigenvalue weighted by molar-refractivity contribution is 0.388. The zero-order valence-corrected chi connectivity index (χ0v) is 11.1. The Kier molecular flexibility index (Phi) is 10.4. The summed E-state index contributed by atoms with van der Waals surface area (Å²) < 4.78 is 0. The first-order valence-electron chi connectivity index (χ1n) is 6.97. The maximum absolute atomic E-state index is 6.14. The van der Waals surface area contributed by atoms with Crippen LogP contribution in [0.5, 0.6) is 0 Å². The minimum atomic E-state index is 0.441. The molecule has 0 heterocycles. The third-order valence-corrected chi connectivity index (χ3v) is 3.37. The molecule has 0 aromatic carbocycles. The van der Waals surface area contributed by atoms with E-state index in [1.165, 1.54) is 57.8 Å². The predicted molar refractivity (Wildman–Crippen MR) is 70.0 cm³/mol. The van der Waals surface area contributed by atoms with Crippen molar-refractivity contribution in [3.8, 4) is 0 Å². The van der Waals surface area contributed by atoms with Gasteiger partial charge in [0.25, 0.3) is 0 Å². The van der Waals surface area contributed by atoms with E-state index in [-0.39, 0.29) is 0 Å². The first-order valence-corrected chi connectivity index (χ1v) is 6.97. The summed E-state index contributed by atoms with van der Waals surface area (Å²) in [4.78, 5) is 0. The zero-order chi connectivity index (χ0) is 11.5. The van der Waals surface area contributed by atoms with E-state index in [0.29, 0.717) is 12.0 Å². The van der Waals surface area contributed by atoms with Gasteiger partial charge in [0.1, 0.15) is 0 Å². The summed E-state index contributed by atoms with van der Waals surface area (Å²) in [6, 6.07) is 0.441. The van der Waals surface area contributed by atoms with Gasteiger partial charge in [0, 0.05) is 6.04 Å². The van der Waals surface area contributed by atoms with Crippen molar-refractivity contribution < 1.29 is 0 Å². The van der Waals surface area contributed by atoms with Crippen LogP contribution >= 0.6 is 0 Å². The van der Waals surface area contributed by atoms with Crippen LogP contribution in [0.4, 0.5) is 0 Å². The van der Waals surface area contributed by atoms with Gasteiger partial charge < -0.3 is 5.73 Å². The van der Waals surface area contributed by atoms with Crippen molar-refractivity contribution in [3.63, 3.8) is 0 Å². The third kappa shape index (κ3) is 8.92. The van der Waals surface area contributed by atoms with Gasteiger partial charge in [-0.05, 0) is 18.8 Å². The largest absolute Gasteiger partial charge is 0.327 e. The van der Waals surface area contributed by atoms with Gasteiger partial charge in [0.15, 0.2) is 0 Å². The Morgan fingerprint density at radius 3 is 2.00 bits per heavy atom. The average molecular weight is 213 g/mol. The maximum Gasteiger partial charge on any atom is 0.00645 e. The standard InChI is InChI=1S/C14H31N/c1-4-6-7-8-9-10-12-14(15)13(3)11-5-2/h13-14H,4-12,15H2,1-3H3. The normalized spacial score (nSPS) is 15.2. The highest BCUT2D eigenvalue weighted by Crippen LogP contribution is 2.15. The molecule has 0 aromatic rings. The summed E-state index contributed by atoms with van der Waals surface area (Å²) in [5.41, 5.74) is 6.14. The van der Waals surface area contributed by atoms with Crippen LogP contribution in [-0.2, 0) is 0 Å².